The minimum atomic E-state index is -4.64. The lowest BCUT2D eigenvalue weighted by Crippen LogP contribution is -2.53. The van der Waals surface area contributed by atoms with Gasteiger partial charge in [-0.05, 0) is 61.2 Å². The van der Waals surface area contributed by atoms with E-state index in [1.54, 1.807) is 18.2 Å². The summed E-state index contributed by atoms with van der Waals surface area (Å²) in [5, 5.41) is 3.29. The van der Waals surface area contributed by atoms with Crippen LogP contribution in [-0.4, -0.2) is 88.3 Å². The average Bonchev–Trinajstić information content (AvgIpc) is 3.70. The molecule has 2 fully saturated rings. The van der Waals surface area contributed by atoms with Crippen molar-refractivity contribution in [2.45, 2.75) is 50.6 Å². The number of nitrogens with zero attached hydrogens (tertiary/aromatic N) is 5. The number of fused-ring (bicyclic) bond motifs is 2. The van der Waals surface area contributed by atoms with Crippen molar-refractivity contribution in [3.8, 4) is 5.69 Å². The SMILES string of the molecule is Cc1cc(N2CCOC[C@@H]2C(F)(F)F)cc(F)c1C(=O)N[C@@H](Cc1ccc(-n2c(=O)c3ccncc3n(C)c2=O)c2ncccc12)C(=O)OC[C@@H]1CCCO1. The first kappa shape index (κ1) is 37.6. The molecule has 2 saturated heterocycles. The maximum Gasteiger partial charge on any atom is 0.411 e. The van der Waals surface area contributed by atoms with Crippen LogP contribution in [0, 0.1) is 12.7 Å². The third kappa shape index (κ3) is 7.41. The zero-order valence-electron chi connectivity index (χ0n) is 29.8. The summed E-state index contributed by atoms with van der Waals surface area (Å²) in [6, 6.07) is 6.69. The molecule has 3 aromatic heterocycles. The summed E-state index contributed by atoms with van der Waals surface area (Å²) in [6.45, 7) is 1.05. The Hall–Kier alpha value is -5.68. The number of benzene rings is 2. The molecule has 288 valence electrons. The molecule has 0 saturated carbocycles. The van der Waals surface area contributed by atoms with Crippen molar-refractivity contribution in [2.24, 2.45) is 7.05 Å². The van der Waals surface area contributed by atoms with E-state index < -0.39 is 59.4 Å². The Balaban J connectivity index is 1.23. The van der Waals surface area contributed by atoms with Crippen molar-refractivity contribution >= 4 is 39.4 Å². The van der Waals surface area contributed by atoms with Crippen LogP contribution in [0.3, 0.4) is 0 Å². The van der Waals surface area contributed by atoms with Gasteiger partial charge in [-0.3, -0.25) is 24.1 Å². The number of hydrogen-bond acceptors (Lipinski definition) is 10. The van der Waals surface area contributed by atoms with Crippen LogP contribution in [0.5, 0.6) is 0 Å². The largest absolute Gasteiger partial charge is 0.461 e. The standard InChI is InChI=1S/C38H36F4N6O7/c1-21-15-23(47-12-14-53-20-31(47)38(40,41)42)17-27(39)32(21)34(49)45-28(36(51)55-19-24-5-4-13-54-24)16-22-7-8-29(33-25(22)6-3-10-44-33)48-35(50)26-9-11-43-18-30(26)46(2)37(48)52/h3,6-11,15,17-18,24,28,31H,4-5,12-14,16,19-20H2,1-2H3,(H,45,49)/t24-,28-,31+/m0/s1. The molecule has 2 aliphatic rings. The number of morpholine rings is 1. The number of hydrogen-bond donors (Lipinski definition) is 1. The van der Waals surface area contributed by atoms with Crippen LogP contribution >= 0.6 is 0 Å². The van der Waals surface area contributed by atoms with Gasteiger partial charge in [-0.15, -0.1) is 0 Å². The third-order valence-electron chi connectivity index (χ3n) is 9.94. The summed E-state index contributed by atoms with van der Waals surface area (Å²) in [6.07, 6.45) is 0.633. The van der Waals surface area contributed by atoms with Gasteiger partial charge in [0.15, 0.2) is 0 Å². The van der Waals surface area contributed by atoms with Crippen molar-refractivity contribution in [3.63, 3.8) is 0 Å². The van der Waals surface area contributed by atoms with Gasteiger partial charge in [0.25, 0.3) is 11.5 Å². The van der Waals surface area contributed by atoms with Gasteiger partial charge in [0.2, 0.25) is 0 Å². The summed E-state index contributed by atoms with van der Waals surface area (Å²) in [5.74, 6) is -2.91. The van der Waals surface area contributed by atoms with Gasteiger partial charge in [-0.25, -0.2) is 18.5 Å². The summed E-state index contributed by atoms with van der Waals surface area (Å²) < 4.78 is 75.6. The molecule has 13 nitrogen and oxygen atoms in total. The van der Waals surface area contributed by atoms with Gasteiger partial charge in [-0.2, -0.15) is 13.2 Å². The lowest BCUT2D eigenvalue weighted by Gasteiger charge is -2.38. The lowest BCUT2D eigenvalue weighted by atomic mass is 9.99. The van der Waals surface area contributed by atoms with Crippen molar-refractivity contribution in [1.29, 1.82) is 0 Å². The minimum Gasteiger partial charge on any atom is -0.461 e. The molecule has 17 heteroatoms. The Morgan fingerprint density at radius 1 is 1.09 bits per heavy atom. The zero-order valence-corrected chi connectivity index (χ0v) is 29.8. The Morgan fingerprint density at radius 3 is 2.65 bits per heavy atom. The Morgan fingerprint density at radius 2 is 1.91 bits per heavy atom. The molecule has 1 N–H and O–H groups in total. The molecule has 2 aromatic carbocycles. The van der Waals surface area contributed by atoms with E-state index in [4.69, 9.17) is 14.2 Å². The number of ether oxygens (including phenoxy) is 3. The van der Waals surface area contributed by atoms with Crippen LogP contribution in [0.15, 0.2) is 70.6 Å². The normalized spacial score (nSPS) is 18.1. The molecule has 2 aliphatic heterocycles. The molecule has 1 amide bonds. The zero-order chi connectivity index (χ0) is 39.0. The fraction of sp³-hybridized carbons (Fsp3) is 0.368. The van der Waals surface area contributed by atoms with E-state index in [9.17, 15) is 32.3 Å². The number of aryl methyl sites for hydroxylation is 2. The fourth-order valence-electron chi connectivity index (χ4n) is 7.14. The molecule has 0 aliphatic carbocycles. The number of carbonyl (C=O) groups excluding carboxylic acids is 2. The van der Waals surface area contributed by atoms with Crippen LogP contribution in [0.2, 0.25) is 0 Å². The van der Waals surface area contributed by atoms with E-state index in [-0.39, 0.29) is 60.1 Å². The van der Waals surface area contributed by atoms with E-state index in [0.29, 0.717) is 29.5 Å². The summed E-state index contributed by atoms with van der Waals surface area (Å²) in [7, 11) is 1.52. The highest BCUT2D eigenvalue weighted by Crippen LogP contribution is 2.33. The van der Waals surface area contributed by atoms with E-state index in [1.165, 1.54) is 55.3 Å². The quantitative estimate of drug-likeness (QED) is 0.173. The van der Waals surface area contributed by atoms with Crippen LogP contribution in [0.1, 0.15) is 34.3 Å². The van der Waals surface area contributed by atoms with E-state index in [0.717, 1.165) is 22.0 Å². The second kappa shape index (κ2) is 15.2. The van der Waals surface area contributed by atoms with E-state index >= 15 is 4.39 Å². The molecule has 0 radical (unpaired) electrons. The monoisotopic (exact) mass is 764 g/mol. The predicted octanol–water partition coefficient (Wildman–Crippen LogP) is 3.91. The van der Waals surface area contributed by atoms with Crippen molar-refractivity contribution in [2.75, 3.05) is 37.9 Å². The first-order valence-corrected chi connectivity index (χ1v) is 17.6. The van der Waals surface area contributed by atoms with Crippen molar-refractivity contribution in [1.82, 2.24) is 24.4 Å². The third-order valence-corrected chi connectivity index (χ3v) is 9.94. The summed E-state index contributed by atoms with van der Waals surface area (Å²) in [5.41, 5.74) is -0.465. The highest BCUT2D eigenvalue weighted by molar-refractivity contribution is 5.99. The minimum absolute atomic E-state index is 0.00369. The molecule has 7 rings (SSSR count). The van der Waals surface area contributed by atoms with Crippen molar-refractivity contribution < 1.29 is 41.4 Å². The number of aromatic nitrogens is 4. The molecule has 0 bridgehead atoms. The topological polar surface area (TPSA) is 147 Å². The fourth-order valence-corrected chi connectivity index (χ4v) is 7.14. The molecule has 55 heavy (non-hydrogen) atoms. The summed E-state index contributed by atoms with van der Waals surface area (Å²) >= 11 is 0. The first-order valence-electron chi connectivity index (χ1n) is 17.6. The van der Waals surface area contributed by atoms with Crippen LogP contribution in [0.4, 0.5) is 23.2 Å². The Labute approximate surface area is 310 Å². The van der Waals surface area contributed by atoms with Crippen LogP contribution in [-0.2, 0) is 32.5 Å². The number of amides is 1. The maximum absolute atomic E-state index is 15.8. The number of anilines is 1. The first-order chi connectivity index (χ1) is 26.3. The molecular weight excluding hydrogens is 728 g/mol. The number of alkyl halides is 3. The van der Waals surface area contributed by atoms with Gasteiger partial charge in [0.1, 0.15) is 24.5 Å². The average molecular weight is 765 g/mol. The lowest BCUT2D eigenvalue weighted by molar-refractivity contribution is -0.167. The number of nitrogens with one attached hydrogen (secondary N) is 1. The van der Waals surface area contributed by atoms with Gasteiger partial charge < -0.3 is 24.4 Å². The second-order valence-corrected chi connectivity index (χ2v) is 13.5. The number of esters is 1. The highest BCUT2D eigenvalue weighted by Gasteiger charge is 2.45. The van der Waals surface area contributed by atoms with Crippen LogP contribution < -0.4 is 21.5 Å². The van der Waals surface area contributed by atoms with E-state index in [1.807, 2.05) is 0 Å². The second-order valence-electron chi connectivity index (χ2n) is 13.5. The smallest absolute Gasteiger partial charge is 0.411 e. The number of carbonyl (C=O) groups is 2. The molecule has 5 heterocycles. The van der Waals surface area contributed by atoms with Gasteiger partial charge >= 0.3 is 17.8 Å². The number of rotatable bonds is 9. The van der Waals surface area contributed by atoms with E-state index in [2.05, 4.69) is 15.3 Å². The number of halogens is 4. The Bertz CT molecular complexity index is 2390. The van der Waals surface area contributed by atoms with Crippen molar-refractivity contribution in [3.05, 3.63) is 104 Å². The molecule has 3 atom stereocenters. The van der Waals surface area contributed by atoms with Gasteiger partial charge in [-0.1, -0.05) is 12.1 Å². The molecule has 5 aromatic rings. The molecule has 0 unspecified atom stereocenters. The molecule has 0 spiro atoms. The van der Waals surface area contributed by atoms with Crippen LogP contribution in [0.25, 0.3) is 27.5 Å². The Kier molecular flexibility index (Phi) is 10.4. The number of pyridine rings is 2. The maximum atomic E-state index is 15.8. The summed E-state index contributed by atoms with van der Waals surface area (Å²) in [4.78, 5) is 64.1. The van der Waals surface area contributed by atoms with Gasteiger partial charge in [0.05, 0.1) is 53.2 Å². The molecular formula is C38H36F4N6O7. The predicted molar refractivity (Wildman–Crippen MR) is 192 cm³/mol. The highest BCUT2D eigenvalue weighted by atomic mass is 19.4. The van der Waals surface area contributed by atoms with Gasteiger partial charge in [0, 0.05) is 50.1 Å².